The molecule has 0 aliphatic heterocycles. The van der Waals surface area contributed by atoms with Gasteiger partial charge in [0.15, 0.2) is 0 Å². The van der Waals surface area contributed by atoms with Gasteiger partial charge in [-0.25, -0.2) is 0 Å². The summed E-state index contributed by atoms with van der Waals surface area (Å²) in [6.07, 6.45) is 4.63. The molecule has 0 unspecified atom stereocenters. The van der Waals surface area contributed by atoms with Crippen LogP contribution in [-0.4, -0.2) is 29.3 Å². The number of likely N-dealkylation sites (N-methyl/N-ethyl adjacent to an activating group) is 1. The largest absolute Gasteiger partial charge is 0.325 e. The number of rotatable bonds is 6. The standard InChI is InChI=1S/C14H17BrN4O.ClH/c1-16-9-14(20)18-13-4-2-11(3-5-13)6-7-19-10-12(15)8-17-19;/h2-5,8,10,16H,6-7,9H2,1H3,(H,18,20);1H. The number of hydrogen-bond donors (Lipinski definition) is 2. The van der Waals surface area contributed by atoms with E-state index in [-0.39, 0.29) is 18.3 Å². The molecule has 114 valence electrons. The number of carbonyl (C=O) groups excluding carboxylic acids is 1. The van der Waals surface area contributed by atoms with Gasteiger partial charge in [-0.15, -0.1) is 12.4 Å². The normalized spacial score (nSPS) is 10.0. The number of aryl methyl sites for hydroxylation is 2. The van der Waals surface area contributed by atoms with Gasteiger partial charge >= 0.3 is 0 Å². The fourth-order valence-electron chi connectivity index (χ4n) is 1.82. The van der Waals surface area contributed by atoms with E-state index in [1.54, 1.807) is 13.2 Å². The SMILES string of the molecule is CNCC(=O)Nc1ccc(CCn2cc(Br)cn2)cc1.Cl. The van der Waals surface area contributed by atoms with Crippen molar-refractivity contribution in [1.29, 1.82) is 0 Å². The van der Waals surface area contributed by atoms with Crippen LogP contribution in [0.1, 0.15) is 5.56 Å². The maximum absolute atomic E-state index is 11.4. The van der Waals surface area contributed by atoms with Gasteiger partial charge in [0.25, 0.3) is 0 Å². The molecular weight excluding hydrogens is 356 g/mol. The third kappa shape index (κ3) is 5.87. The Morgan fingerprint density at radius 2 is 2.05 bits per heavy atom. The van der Waals surface area contributed by atoms with Crippen LogP contribution in [0.25, 0.3) is 0 Å². The Morgan fingerprint density at radius 1 is 1.33 bits per heavy atom. The molecule has 1 aromatic carbocycles. The van der Waals surface area contributed by atoms with Gasteiger partial charge in [-0.05, 0) is 47.1 Å². The van der Waals surface area contributed by atoms with E-state index in [1.165, 1.54) is 5.56 Å². The predicted octanol–water partition coefficient (Wildman–Crippen LogP) is 2.47. The highest BCUT2D eigenvalue weighted by Crippen LogP contribution is 2.11. The molecule has 0 atom stereocenters. The molecule has 2 aromatic rings. The first-order valence-corrected chi connectivity index (χ1v) is 7.18. The van der Waals surface area contributed by atoms with Gasteiger partial charge in [0.1, 0.15) is 0 Å². The van der Waals surface area contributed by atoms with Crippen molar-refractivity contribution in [2.75, 3.05) is 18.9 Å². The number of hydrogen-bond acceptors (Lipinski definition) is 3. The second-order valence-corrected chi connectivity index (χ2v) is 5.36. The minimum atomic E-state index is -0.0401. The summed E-state index contributed by atoms with van der Waals surface area (Å²) in [5, 5.41) is 9.85. The van der Waals surface area contributed by atoms with E-state index in [2.05, 4.69) is 31.7 Å². The van der Waals surface area contributed by atoms with Gasteiger partial charge in [0, 0.05) is 18.4 Å². The Bertz CT molecular complexity index is 571. The average molecular weight is 374 g/mol. The van der Waals surface area contributed by atoms with Crippen molar-refractivity contribution in [3.63, 3.8) is 0 Å². The zero-order valence-electron chi connectivity index (χ0n) is 11.7. The molecule has 0 aliphatic rings. The summed E-state index contributed by atoms with van der Waals surface area (Å²) in [5.41, 5.74) is 2.03. The van der Waals surface area contributed by atoms with E-state index >= 15 is 0 Å². The summed E-state index contributed by atoms with van der Waals surface area (Å²) < 4.78 is 2.88. The van der Waals surface area contributed by atoms with Gasteiger partial charge in [0.05, 0.1) is 17.2 Å². The number of amides is 1. The fourth-order valence-corrected chi connectivity index (χ4v) is 2.15. The molecule has 2 N–H and O–H groups in total. The summed E-state index contributed by atoms with van der Waals surface area (Å²) in [6, 6.07) is 7.88. The van der Waals surface area contributed by atoms with Crippen LogP contribution in [0.4, 0.5) is 5.69 Å². The van der Waals surface area contributed by atoms with Crippen LogP contribution in [0.2, 0.25) is 0 Å². The second kappa shape index (κ2) is 8.81. The molecule has 0 fully saturated rings. The first-order chi connectivity index (χ1) is 9.67. The van der Waals surface area contributed by atoms with Gasteiger partial charge in [-0.1, -0.05) is 12.1 Å². The lowest BCUT2D eigenvalue weighted by Gasteiger charge is -2.06. The highest BCUT2D eigenvalue weighted by atomic mass is 79.9. The Kier molecular flexibility index (Phi) is 7.42. The number of carbonyl (C=O) groups is 1. The van der Waals surface area contributed by atoms with Gasteiger partial charge in [0.2, 0.25) is 5.91 Å². The third-order valence-corrected chi connectivity index (χ3v) is 3.22. The fraction of sp³-hybridized carbons (Fsp3) is 0.286. The average Bonchev–Trinajstić information content (AvgIpc) is 2.84. The quantitative estimate of drug-likeness (QED) is 0.818. The Morgan fingerprint density at radius 3 is 2.62 bits per heavy atom. The maximum Gasteiger partial charge on any atom is 0.238 e. The molecule has 1 heterocycles. The van der Waals surface area contributed by atoms with E-state index in [0.29, 0.717) is 6.54 Å². The van der Waals surface area contributed by atoms with Gasteiger partial charge in [-0.2, -0.15) is 5.10 Å². The number of halogens is 2. The molecular formula is C14H18BrClN4O. The monoisotopic (exact) mass is 372 g/mol. The van der Waals surface area contributed by atoms with Gasteiger partial charge < -0.3 is 10.6 Å². The lowest BCUT2D eigenvalue weighted by atomic mass is 10.1. The topological polar surface area (TPSA) is 59.0 Å². The van der Waals surface area contributed by atoms with Crippen molar-refractivity contribution in [1.82, 2.24) is 15.1 Å². The molecule has 1 amide bonds. The van der Waals surface area contributed by atoms with Crippen molar-refractivity contribution < 1.29 is 4.79 Å². The van der Waals surface area contributed by atoms with E-state index in [1.807, 2.05) is 35.1 Å². The van der Waals surface area contributed by atoms with Crippen LogP contribution < -0.4 is 10.6 Å². The third-order valence-electron chi connectivity index (χ3n) is 2.81. The first kappa shape index (κ1) is 17.7. The molecule has 0 radical (unpaired) electrons. The van der Waals surface area contributed by atoms with Crippen LogP contribution in [0.5, 0.6) is 0 Å². The number of aromatic nitrogens is 2. The van der Waals surface area contributed by atoms with Crippen molar-refractivity contribution in [3.05, 3.63) is 46.7 Å². The molecule has 0 saturated carbocycles. The molecule has 0 saturated heterocycles. The minimum absolute atomic E-state index is 0. The summed E-state index contributed by atoms with van der Waals surface area (Å²) in [6.45, 7) is 1.15. The molecule has 1 aromatic heterocycles. The van der Waals surface area contributed by atoms with Crippen LogP contribution in [0, 0.1) is 0 Å². The van der Waals surface area contributed by atoms with E-state index in [9.17, 15) is 4.79 Å². The van der Waals surface area contributed by atoms with E-state index in [4.69, 9.17) is 0 Å². The highest BCUT2D eigenvalue weighted by molar-refractivity contribution is 9.10. The molecule has 7 heteroatoms. The molecule has 0 bridgehead atoms. The summed E-state index contributed by atoms with van der Waals surface area (Å²) >= 11 is 3.37. The number of nitrogens with zero attached hydrogens (tertiary/aromatic N) is 2. The number of benzene rings is 1. The number of nitrogens with one attached hydrogen (secondary N) is 2. The van der Waals surface area contributed by atoms with E-state index in [0.717, 1.165) is 23.1 Å². The molecule has 0 spiro atoms. The summed E-state index contributed by atoms with van der Waals surface area (Å²) in [4.78, 5) is 11.4. The van der Waals surface area contributed by atoms with E-state index < -0.39 is 0 Å². The van der Waals surface area contributed by atoms with Crippen LogP contribution >= 0.6 is 28.3 Å². The van der Waals surface area contributed by atoms with Crippen molar-refractivity contribution >= 4 is 39.9 Å². The Labute approximate surface area is 138 Å². The predicted molar refractivity (Wildman–Crippen MR) is 89.9 cm³/mol. The van der Waals surface area contributed by atoms with Crippen molar-refractivity contribution in [2.45, 2.75) is 13.0 Å². The Hall–Kier alpha value is -1.37. The zero-order chi connectivity index (χ0) is 14.4. The highest BCUT2D eigenvalue weighted by Gasteiger charge is 2.01. The lowest BCUT2D eigenvalue weighted by molar-refractivity contribution is -0.115. The Balaban J connectivity index is 0.00000220. The molecule has 5 nitrogen and oxygen atoms in total. The minimum Gasteiger partial charge on any atom is -0.325 e. The molecule has 2 rings (SSSR count). The maximum atomic E-state index is 11.4. The first-order valence-electron chi connectivity index (χ1n) is 6.39. The van der Waals surface area contributed by atoms with Crippen LogP contribution in [-0.2, 0) is 17.8 Å². The van der Waals surface area contributed by atoms with Crippen LogP contribution in [0.3, 0.4) is 0 Å². The lowest BCUT2D eigenvalue weighted by Crippen LogP contribution is -2.24. The second-order valence-electron chi connectivity index (χ2n) is 4.45. The summed E-state index contributed by atoms with van der Waals surface area (Å²) in [7, 11) is 1.75. The molecule has 0 aliphatic carbocycles. The zero-order valence-corrected chi connectivity index (χ0v) is 14.1. The smallest absolute Gasteiger partial charge is 0.238 e. The van der Waals surface area contributed by atoms with Crippen LogP contribution in [0.15, 0.2) is 41.1 Å². The molecule has 21 heavy (non-hydrogen) atoms. The summed E-state index contributed by atoms with van der Waals surface area (Å²) in [5.74, 6) is -0.0401. The van der Waals surface area contributed by atoms with Gasteiger partial charge in [-0.3, -0.25) is 9.48 Å². The van der Waals surface area contributed by atoms with Crippen molar-refractivity contribution in [3.8, 4) is 0 Å². The number of anilines is 1. The van der Waals surface area contributed by atoms with Crippen molar-refractivity contribution in [2.24, 2.45) is 0 Å².